The van der Waals surface area contributed by atoms with Gasteiger partial charge in [0, 0.05) is 24.2 Å². The Bertz CT molecular complexity index is 1170. The summed E-state index contributed by atoms with van der Waals surface area (Å²) in [5, 5.41) is 15.6. The molecule has 180 valence electrons. The molecule has 2 amide bonds. The van der Waals surface area contributed by atoms with Crippen LogP contribution in [0.25, 0.3) is 5.69 Å². The van der Waals surface area contributed by atoms with Gasteiger partial charge >= 0.3 is 0 Å². The van der Waals surface area contributed by atoms with E-state index in [-0.39, 0.29) is 17.6 Å². The Kier molecular flexibility index (Phi) is 8.02. The SMILES string of the molecule is COCCNC(=O)c1c(NC(=O)CSc2nnc(C)n2-c2ccc(C)cc2)sc2c1CCCC2. The van der Waals surface area contributed by atoms with Crippen molar-refractivity contribution in [1.29, 1.82) is 0 Å². The van der Waals surface area contributed by atoms with Crippen molar-refractivity contribution in [3.8, 4) is 5.69 Å². The number of rotatable bonds is 9. The van der Waals surface area contributed by atoms with E-state index in [0.29, 0.717) is 28.9 Å². The van der Waals surface area contributed by atoms with Crippen LogP contribution in [0.3, 0.4) is 0 Å². The highest BCUT2D eigenvalue weighted by molar-refractivity contribution is 7.99. The Morgan fingerprint density at radius 1 is 1.15 bits per heavy atom. The fourth-order valence-corrected chi connectivity index (χ4v) is 6.07. The molecule has 0 spiro atoms. The zero-order valence-corrected chi connectivity index (χ0v) is 21.3. The van der Waals surface area contributed by atoms with Crippen molar-refractivity contribution in [2.24, 2.45) is 0 Å². The number of thiophene rings is 1. The molecule has 2 heterocycles. The number of nitrogens with zero attached hydrogens (tertiary/aromatic N) is 3. The summed E-state index contributed by atoms with van der Waals surface area (Å²) in [6.07, 6.45) is 3.97. The van der Waals surface area contributed by atoms with Crippen LogP contribution in [0, 0.1) is 13.8 Å². The molecule has 8 nitrogen and oxygen atoms in total. The number of benzene rings is 1. The predicted molar refractivity (Wildman–Crippen MR) is 135 cm³/mol. The van der Waals surface area contributed by atoms with Crippen molar-refractivity contribution in [1.82, 2.24) is 20.1 Å². The smallest absolute Gasteiger partial charge is 0.254 e. The summed E-state index contributed by atoms with van der Waals surface area (Å²) in [7, 11) is 1.60. The van der Waals surface area contributed by atoms with Crippen molar-refractivity contribution in [2.75, 3.05) is 31.3 Å². The maximum atomic E-state index is 12.9. The highest BCUT2D eigenvalue weighted by Gasteiger charge is 2.26. The zero-order valence-electron chi connectivity index (χ0n) is 19.6. The lowest BCUT2D eigenvalue weighted by Crippen LogP contribution is -2.29. The number of carbonyl (C=O) groups excluding carboxylic acids is 2. The number of amides is 2. The molecule has 10 heteroatoms. The first-order valence-electron chi connectivity index (χ1n) is 11.3. The number of carbonyl (C=O) groups is 2. The molecule has 1 aliphatic rings. The molecule has 1 aromatic carbocycles. The summed E-state index contributed by atoms with van der Waals surface area (Å²) in [5.41, 5.74) is 3.80. The van der Waals surface area contributed by atoms with Crippen molar-refractivity contribution in [3.63, 3.8) is 0 Å². The average molecular weight is 500 g/mol. The standard InChI is InChI=1S/C24H29N5O3S2/c1-15-8-10-17(11-9-15)29-16(2)27-28-24(29)33-14-20(30)26-23-21(22(31)25-12-13-32-3)18-6-4-5-7-19(18)34-23/h8-11H,4-7,12-14H2,1-3H3,(H,25,31)(H,26,30). The molecule has 2 aromatic heterocycles. The molecular weight excluding hydrogens is 470 g/mol. The lowest BCUT2D eigenvalue weighted by molar-refractivity contribution is -0.113. The maximum Gasteiger partial charge on any atom is 0.254 e. The van der Waals surface area contributed by atoms with Crippen LogP contribution in [0.4, 0.5) is 5.00 Å². The van der Waals surface area contributed by atoms with Crippen molar-refractivity contribution >= 4 is 39.9 Å². The number of nitrogens with one attached hydrogen (secondary N) is 2. The first-order valence-corrected chi connectivity index (χ1v) is 13.1. The van der Waals surface area contributed by atoms with Crippen LogP contribution in [-0.4, -0.2) is 52.6 Å². The Morgan fingerprint density at radius 2 is 1.91 bits per heavy atom. The van der Waals surface area contributed by atoms with E-state index in [9.17, 15) is 9.59 Å². The molecule has 0 bridgehead atoms. The lowest BCUT2D eigenvalue weighted by atomic mass is 9.95. The number of aryl methyl sites for hydroxylation is 3. The van der Waals surface area contributed by atoms with E-state index in [2.05, 4.69) is 20.8 Å². The molecule has 4 rings (SSSR count). The second kappa shape index (κ2) is 11.2. The minimum Gasteiger partial charge on any atom is -0.383 e. The van der Waals surface area contributed by atoms with Gasteiger partial charge in [0.1, 0.15) is 10.8 Å². The van der Waals surface area contributed by atoms with Gasteiger partial charge in [0.25, 0.3) is 5.91 Å². The highest BCUT2D eigenvalue weighted by Crippen LogP contribution is 2.38. The zero-order chi connectivity index (χ0) is 24.1. The van der Waals surface area contributed by atoms with E-state index in [1.54, 1.807) is 7.11 Å². The summed E-state index contributed by atoms with van der Waals surface area (Å²) < 4.78 is 6.98. The Labute approximate surface area is 207 Å². The summed E-state index contributed by atoms with van der Waals surface area (Å²) in [6, 6.07) is 8.10. The van der Waals surface area contributed by atoms with Gasteiger partial charge in [-0.3, -0.25) is 14.2 Å². The van der Waals surface area contributed by atoms with Gasteiger partial charge in [-0.2, -0.15) is 0 Å². The molecule has 0 unspecified atom stereocenters. The molecule has 3 aromatic rings. The molecule has 34 heavy (non-hydrogen) atoms. The van der Waals surface area contributed by atoms with Gasteiger partial charge in [0.05, 0.1) is 17.9 Å². The van der Waals surface area contributed by atoms with E-state index in [1.165, 1.54) is 33.5 Å². The summed E-state index contributed by atoms with van der Waals surface area (Å²) >= 11 is 2.84. The van der Waals surface area contributed by atoms with Crippen LogP contribution >= 0.6 is 23.1 Å². The Morgan fingerprint density at radius 3 is 2.68 bits per heavy atom. The van der Waals surface area contributed by atoms with Gasteiger partial charge in [-0.25, -0.2) is 0 Å². The fraction of sp³-hybridized carbons (Fsp3) is 0.417. The first kappa shape index (κ1) is 24.4. The quantitative estimate of drug-likeness (QED) is 0.342. The number of anilines is 1. The Hall–Kier alpha value is -2.69. The molecule has 0 aliphatic heterocycles. The van der Waals surface area contributed by atoms with Gasteiger partial charge in [-0.1, -0.05) is 29.5 Å². The number of ether oxygens (including phenoxy) is 1. The van der Waals surface area contributed by atoms with Crippen molar-refractivity contribution in [2.45, 2.75) is 44.7 Å². The molecule has 0 fully saturated rings. The van der Waals surface area contributed by atoms with Crippen molar-refractivity contribution in [3.05, 3.63) is 51.7 Å². The average Bonchev–Trinajstić information content (AvgIpc) is 3.38. The van der Waals surface area contributed by atoms with Gasteiger partial charge in [-0.05, 0) is 57.2 Å². The van der Waals surface area contributed by atoms with Crippen LogP contribution in [0.5, 0.6) is 0 Å². The summed E-state index contributed by atoms with van der Waals surface area (Å²) in [5.74, 6) is 0.588. The van der Waals surface area contributed by atoms with Crippen LogP contribution in [0.15, 0.2) is 29.4 Å². The van der Waals surface area contributed by atoms with Gasteiger partial charge in [-0.15, -0.1) is 21.5 Å². The van der Waals surface area contributed by atoms with E-state index in [0.717, 1.165) is 42.8 Å². The molecule has 2 N–H and O–H groups in total. The van der Waals surface area contributed by atoms with Crippen LogP contribution in [0.2, 0.25) is 0 Å². The van der Waals surface area contributed by atoms with Gasteiger partial charge < -0.3 is 15.4 Å². The van der Waals surface area contributed by atoms with E-state index in [1.807, 2.05) is 42.7 Å². The van der Waals surface area contributed by atoms with Gasteiger partial charge in [0.15, 0.2) is 5.16 Å². The monoisotopic (exact) mass is 499 g/mol. The van der Waals surface area contributed by atoms with E-state index < -0.39 is 0 Å². The second-order valence-electron chi connectivity index (χ2n) is 8.20. The van der Waals surface area contributed by atoms with E-state index >= 15 is 0 Å². The minimum atomic E-state index is -0.175. The molecule has 0 atom stereocenters. The molecule has 1 aliphatic carbocycles. The highest BCUT2D eigenvalue weighted by atomic mass is 32.2. The number of hydrogen-bond donors (Lipinski definition) is 2. The maximum absolute atomic E-state index is 12.9. The fourth-order valence-electron chi connectivity index (χ4n) is 3.97. The number of methoxy groups -OCH3 is 1. The van der Waals surface area contributed by atoms with Crippen LogP contribution in [0.1, 0.15) is 45.0 Å². The molecule has 0 saturated carbocycles. The molecule has 0 radical (unpaired) electrons. The lowest BCUT2D eigenvalue weighted by Gasteiger charge is -2.13. The normalized spacial score (nSPS) is 12.9. The van der Waals surface area contributed by atoms with Crippen molar-refractivity contribution < 1.29 is 14.3 Å². The first-order chi connectivity index (χ1) is 16.5. The van der Waals surface area contributed by atoms with Gasteiger partial charge in [0.2, 0.25) is 5.91 Å². The van der Waals surface area contributed by atoms with Crippen LogP contribution < -0.4 is 10.6 Å². The third-order valence-electron chi connectivity index (χ3n) is 5.66. The van der Waals surface area contributed by atoms with E-state index in [4.69, 9.17) is 4.74 Å². The number of fused-ring (bicyclic) bond motifs is 1. The molecular formula is C24H29N5O3S2. The third kappa shape index (κ3) is 5.51. The number of hydrogen-bond acceptors (Lipinski definition) is 7. The predicted octanol–water partition coefficient (Wildman–Crippen LogP) is 3.93. The second-order valence-corrected chi connectivity index (χ2v) is 10.2. The Balaban J connectivity index is 1.47. The molecule has 0 saturated heterocycles. The third-order valence-corrected chi connectivity index (χ3v) is 7.80. The topological polar surface area (TPSA) is 98.1 Å². The summed E-state index contributed by atoms with van der Waals surface area (Å²) in [4.78, 5) is 27.0. The summed E-state index contributed by atoms with van der Waals surface area (Å²) in [6.45, 7) is 4.80. The number of aromatic nitrogens is 3. The minimum absolute atomic E-state index is 0.158. The largest absolute Gasteiger partial charge is 0.383 e. The number of thioether (sulfide) groups is 1. The van der Waals surface area contributed by atoms with Crippen LogP contribution in [-0.2, 0) is 22.4 Å².